The molecule has 1 heterocycles. The van der Waals surface area contributed by atoms with Gasteiger partial charge in [-0.1, -0.05) is 12.0 Å². The van der Waals surface area contributed by atoms with Crippen LogP contribution in [0.2, 0.25) is 0 Å². The van der Waals surface area contributed by atoms with Gasteiger partial charge in [0, 0.05) is 18.7 Å². The van der Waals surface area contributed by atoms with Gasteiger partial charge in [-0.15, -0.1) is 5.92 Å². The summed E-state index contributed by atoms with van der Waals surface area (Å²) in [5, 5.41) is 8.59. The maximum atomic E-state index is 8.59. The van der Waals surface area contributed by atoms with E-state index in [2.05, 4.69) is 22.8 Å². The monoisotopic (exact) mass is 160 g/mol. The molecule has 2 nitrogen and oxygen atoms in total. The molecule has 12 heavy (non-hydrogen) atoms. The second-order valence-corrected chi connectivity index (χ2v) is 2.75. The number of hydrogen-bond acceptors (Lipinski definition) is 2. The Bertz CT molecular complexity index is 272. The van der Waals surface area contributed by atoms with E-state index in [1.165, 1.54) is 0 Å². The fourth-order valence-electron chi connectivity index (χ4n) is 1.15. The van der Waals surface area contributed by atoms with Crippen LogP contribution in [0, 0.1) is 23.2 Å². The first-order chi connectivity index (χ1) is 5.86. The minimum Gasteiger partial charge on any atom is -0.288 e. The summed E-state index contributed by atoms with van der Waals surface area (Å²) in [4.78, 5) is 2.23. The van der Waals surface area contributed by atoms with E-state index >= 15 is 0 Å². The smallest absolute Gasteiger partial charge is 0.0944 e. The third-order valence-electron chi connectivity index (χ3n) is 1.92. The number of hydrogen-bond donors (Lipinski definition) is 0. The predicted octanol–water partition coefficient (Wildman–Crippen LogP) is 1.17. The van der Waals surface area contributed by atoms with E-state index in [-0.39, 0.29) is 0 Å². The first-order valence-corrected chi connectivity index (χ1v) is 4.08. The van der Waals surface area contributed by atoms with Crippen LogP contribution in [0.25, 0.3) is 0 Å². The molecule has 0 aromatic carbocycles. The molecule has 0 aromatic heterocycles. The molecular weight excluding hydrogens is 148 g/mol. The number of nitrogens with zero attached hydrogens (tertiary/aromatic N) is 2. The molecule has 0 aliphatic carbocycles. The lowest BCUT2D eigenvalue weighted by molar-refractivity contribution is 0.332. The third-order valence-corrected chi connectivity index (χ3v) is 1.92. The van der Waals surface area contributed by atoms with Crippen molar-refractivity contribution in [3.8, 4) is 17.9 Å². The molecule has 1 rings (SSSR count). The molecule has 0 atom stereocenters. The number of nitriles is 1. The van der Waals surface area contributed by atoms with Crippen molar-refractivity contribution in [1.29, 1.82) is 5.26 Å². The van der Waals surface area contributed by atoms with Gasteiger partial charge >= 0.3 is 0 Å². The highest BCUT2D eigenvalue weighted by molar-refractivity contribution is 5.23. The van der Waals surface area contributed by atoms with Gasteiger partial charge in [-0.05, 0) is 13.3 Å². The molecule has 1 aliphatic rings. The predicted molar refractivity (Wildman–Crippen MR) is 48.2 cm³/mol. The molecule has 0 N–H and O–H groups in total. The Kier molecular flexibility index (Phi) is 3.38. The third kappa shape index (κ3) is 2.42. The average molecular weight is 160 g/mol. The van der Waals surface area contributed by atoms with Gasteiger partial charge in [0.1, 0.15) is 0 Å². The van der Waals surface area contributed by atoms with Crippen LogP contribution in [-0.2, 0) is 0 Å². The molecule has 2 heteroatoms. The molecule has 0 radical (unpaired) electrons. The Balaban J connectivity index is 2.40. The number of rotatable bonds is 1. The van der Waals surface area contributed by atoms with Crippen molar-refractivity contribution in [2.24, 2.45) is 0 Å². The molecule has 1 aliphatic heterocycles. The highest BCUT2D eigenvalue weighted by Gasteiger charge is 2.08. The maximum absolute atomic E-state index is 8.59. The van der Waals surface area contributed by atoms with E-state index in [1.807, 2.05) is 13.0 Å². The molecule has 62 valence electrons. The van der Waals surface area contributed by atoms with Gasteiger partial charge in [-0.2, -0.15) is 5.26 Å². The molecular formula is C10H12N2. The lowest BCUT2D eigenvalue weighted by atomic mass is 10.1. The van der Waals surface area contributed by atoms with Gasteiger partial charge < -0.3 is 0 Å². The molecule has 0 amide bonds. The average Bonchev–Trinajstić information content (AvgIpc) is 2.15. The lowest BCUT2D eigenvalue weighted by Gasteiger charge is -2.21. The SMILES string of the molecule is CC#CCN1CC=C(C#N)CC1. The van der Waals surface area contributed by atoms with E-state index in [0.29, 0.717) is 0 Å². The van der Waals surface area contributed by atoms with Crippen LogP contribution >= 0.6 is 0 Å². The van der Waals surface area contributed by atoms with Gasteiger partial charge in [0.25, 0.3) is 0 Å². The first-order valence-electron chi connectivity index (χ1n) is 4.08. The van der Waals surface area contributed by atoms with Crippen LogP contribution in [0.3, 0.4) is 0 Å². The van der Waals surface area contributed by atoms with Gasteiger partial charge in [-0.25, -0.2) is 0 Å². The molecule has 0 saturated heterocycles. The zero-order valence-electron chi connectivity index (χ0n) is 7.30. The molecule has 0 aromatic rings. The van der Waals surface area contributed by atoms with Crippen LogP contribution in [0.15, 0.2) is 11.6 Å². The summed E-state index contributed by atoms with van der Waals surface area (Å²) < 4.78 is 0. The summed E-state index contributed by atoms with van der Waals surface area (Å²) in [6.07, 6.45) is 2.86. The Morgan fingerprint density at radius 1 is 1.67 bits per heavy atom. The van der Waals surface area contributed by atoms with E-state index < -0.39 is 0 Å². The Hall–Kier alpha value is -1.25. The summed E-state index contributed by atoms with van der Waals surface area (Å²) in [6.45, 7) is 4.51. The van der Waals surface area contributed by atoms with Crippen molar-refractivity contribution < 1.29 is 0 Å². The molecule has 0 bridgehead atoms. The zero-order chi connectivity index (χ0) is 8.81. The summed E-state index contributed by atoms with van der Waals surface area (Å²) in [5.41, 5.74) is 0.913. The summed E-state index contributed by atoms with van der Waals surface area (Å²) in [6, 6.07) is 2.18. The summed E-state index contributed by atoms with van der Waals surface area (Å²) in [7, 11) is 0. The Morgan fingerprint density at radius 2 is 2.50 bits per heavy atom. The van der Waals surface area contributed by atoms with Gasteiger partial charge in [-0.3, -0.25) is 4.90 Å². The van der Waals surface area contributed by atoms with E-state index in [4.69, 9.17) is 5.26 Å². The van der Waals surface area contributed by atoms with Crippen LogP contribution in [0.4, 0.5) is 0 Å². The quantitative estimate of drug-likeness (QED) is 0.538. The second kappa shape index (κ2) is 4.59. The molecule has 0 unspecified atom stereocenters. The van der Waals surface area contributed by atoms with Crippen molar-refractivity contribution in [3.05, 3.63) is 11.6 Å². The van der Waals surface area contributed by atoms with Crippen molar-refractivity contribution in [2.75, 3.05) is 19.6 Å². The standard InChI is InChI=1S/C10H12N2/c1-2-3-6-12-7-4-10(9-11)5-8-12/h4H,5-8H2,1H3. The van der Waals surface area contributed by atoms with Crippen LogP contribution in [0.5, 0.6) is 0 Å². The molecule has 0 spiro atoms. The van der Waals surface area contributed by atoms with Crippen LogP contribution in [-0.4, -0.2) is 24.5 Å². The van der Waals surface area contributed by atoms with Crippen molar-refractivity contribution in [1.82, 2.24) is 4.90 Å². The van der Waals surface area contributed by atoms with E-state index in [9.17, 15) is 0 Å². The van der Waals surface area contributed by atoms with Gasteiger partial charge in [0.2, 0.25) is 0 Å². The van der Waals surface area contributed by atoms with Crippen LogP contribution < -0.4 is 0 Å². The fourth-order valence-corrected chi connectivity index (χ4v) is 1.15. The highest BCUT2D eigenvalue weighted by atomic mass is 15.1. The maximum Gasteiger partial charge on any atom is 0.0944 e. The first kappa shape index (κ1) is 8.84. The normalized spacial score (nSPS) is 17.2. The molecule has 0 saturated carbocycles. The fraction of sp³-hybridized carbons (Fsp3) is 0.500. The Labute approximate surface area is 73.5 Å². The lowest BCUT2D eigenvalue weighted by Crippen LogP contribution is -2.28. The molecule has 0 fully saturated rings. The van der Waals surface area contributed by atoms with E-state index in [1.54, 1.807) is 0 Å². The minimum atomic E-state index is 0.825. The van der Waals surface area contributed by atoms with E-state index in [0.717, 1.165) is 31.6 Å². The largest absolute Gasteiger partial charge is 0.288 e. The second-order valence-electron chi connectivity index (χ2n) is 2.75. The topological polar surface area (TPSA) is 27.0 Å². The Morgan fingerprint density at radius 3 is 3.00 bits per heavy atom. The van der Waals surface area contributed by atoms with Gasteiger partial charge in [0.05, 0.1) is 12.6 Å². The van der Waals surface area contributed by atoms with Crippen molar-refractivity contribution >= 4 is 0 Å². The minimum absolute atomic E-state index is 0.825. The highest BCUT2D eigenvalue weighted by Crippen LogP contribution is 2.08. The van der Waals surface area contributed by atoms with Crippen LogP contribution in [0.1, 0.15) is 13.3 Å². The van der Waals surface area contributed by atoms with Crippen molar-refractivity contribution in [2.45, 2.75) is 13.3 Å². The van der Waals surface area contributed by atoms with Crippen molar-refractivity contribution in [3.63, 3.8) is 0 Å². The van der Waals surface area contributed by atoms with Gasteiger partial charge in [0.15, 0.2) is 0 Å². The zero-order valence-corrected chi connectivity index (χ0v) is 7.30. The summed E-state index contributed by atoms with van der Waals surface area (Å²) >= 11 is 0. The summed E-state index contributed by atoms with van der Waals surface area (Å²) in [5.74, 6) is 5.88.